The lowest BCUT2D eigenvalue weighted by Crippen LogP contribution is -2.11. The third-order valence-corrected chi connectivity index (χ3v) is 2.94. The average molecular weight is 320 g/mol. The van der Waals surface area contributed by atoms with Crippen molar-refractivity contribution in [2.75, 3.05) is 0 Å². The van der Waals surface area contributed by atoms with Crippen molar-refractivity contribution in [3.8, 4) is 11.5 Å². The number of aromatic carboxylic acids is 1. The van der Waals surface area contributed by atoms with Crippen molar-refractivity contribution in [1.82, 2.24) is 0 Å². The van der Waals surface area contributed by atoms with Crippen molar-refractivity contribution in [2.45, 2.75) is 0 Å². The number of aromatic hydroxyl groups is 1. The molecule has 0 radical (unpaired) electrons. The Morgan fingerprint density at radius 3 is 2.35 bits per heavy atom. The van der Waals surface area contributed by atoms with Crippen LogP contribution in [0.3, 0.4) is 0 Å². The smallest absolute Gasteiger partial charge is 0.507 e. The zero-order valence-corrected chi connectivity index (χ0v) is 11.6. The van der Waals surface area contributed by atoms with Crippen molar-refractivity contribution in [2.24, 2.45) is 0 Å². The van der Waals surface area contributed by atoms with Gasteiger partial charge in [-0.1, -0.05) is 30.4 Å². The Labute approximate surface area is 130 Å². The minimum atomic E-state index is -3.20. The van der Waals surface area contributed by atoms with Crippen LogP contribution in [-0.4, -0.2) is 28.8 Å². The van der Waals surface area contributed by atoms with Crippen molar-refractivity contribution < 1.29 is 33.4 Å². The molecule has 2 rings (SSSR count). The second-order valence-electron chi connectivity index (χ2n) is 4.49. The monoisotopic (exact) mass is 320 g/mol. The molecule has 0 unspecified atom stereocenters. The zero-order valence-electron chi connectivity index (χ0n) is 11.6. The standard InChI is InChI=1S/C15H11BF2O5/c17-16(18)23-14-8-13(20)11(15(21)22)7-10(14)12(19)6-5-9-3-1-2-4-9/h1-8,19-20H,(H,21,22). The lowest BCUT2D eigenvalue weighted by Gasteiger charge is -2.11. The van der Waals surface area contributed by atoms with Crippen LogP contribution in [0.4, 0.5) is 8.63 Å². The Morgan fingerprint density at radius 1 is 1.13 bits per heavy atom. The van der Waals surface area contributed by atoms with E-state index in [0.29, 0.717) is 0 Å². The first-order valence-corrected chi connectivity index (χ1v) is 6.39. The van der Waals surface area contributed by atoms with Gasteiger partial charge in [0.05, 0.1) is 5.56 Å². The molecule has 0 saturated carbocycles. The van der Waals surface area contributed by atoms with Gasteiger partial charge in [-0.3, -0.25) is 0 Å². The average Bonchev–Trinajstić information content (AvgIpc) is 2.97. The minimum absolute atomic E-state index is 0.275. The number of phenols is 1. The van der Waals surface area contributed by atoms with E-state index in [0.717, 1.165) is 17.7 Å². The van der Waals surface area contributed by atoms with Gasteiger partial charge in [-0.25, -0.2) is 13.4 Å². The molecule has 0 spiro atoms. The van der Waals surface area contributed by atoms with Crippen LogP contribution in [0, 0.1) is 0 Å². The quantitative estimate of drug-likeness (QED) is 0.572. The Hall–Kier alpha value is -3.03. The Balaban J connectivity index is 2.48. The maximum atomic E-state index is 12.4. The fourth-order valence-electron chi connectivity index (χ4n) is 1.90. The van der Waals surface area contributed by atoms with Crippen molar-refractivity contribution in [3.05, 3.63) is 65.3 Å². The van der Waals surface area contributed by atoms with Crippen LogP contribution in [0.5, 0.6) is 11.5 Å². The Kier molecular flexibility index (Phi) is 4.85. The summed E-state index contributed by atoms with van der Waals surface area (Å²) in [7, 11) is -3.20. The predicted molar refractivity (Wildman–Crippen MR) is 80.6 cm³/mol. The summed E-state index contributed by atoms with van der Waals surface area (Å²) in [6.07, 6.45) is 9.76. The number of carbonyl (C=O) groups is 1. The Bertz CT molecular complexity index is 736. The fraction of sp³-hybridized carbons (Fsp3) is 0. The molecular formula is C15H11BF2O5. The first-order chi connectivity index (χ1) is 10.9. The molecular weight excluding hydrogens is 309 g/mol. The third-order valence-electron chi connectivity index (χ3n) is 2.94. The van der Waals surface area contributed by atoms with Crippen LogP contribution in [-0.2, 0) is 0 Å². The molecule has 0 bridgehead atoms. The highest BCUT2D eigenvalue weighted by Crippen LogP contribution is 2.33. The highest BCUT2D eigenvalue weighted by atomic mass is 19.2. The van der Waals surface area contributed by atoms with Crippen LogP contribution in [0.15, 0.2) is 54.2 Å². The number of rotatable bonds is 5. The van der Waals surface area contributed by atoms with E-state index in [-0.39, 0.29) is 5.56 Å². The number of carboxylic acids is 1. The van der Waals surface area contributed by atoms with Crippen LogP contribution < -0.4 is 4.65 Å². The van der Waals surface area contributed by atoms with Gasteiger partial charge in [-0.15, -0.1) is 0 Å². The molecule has 8 heteroatoms. The van der Waals surface area contributed by atoms with Crippen molar-refractivity contribution in [1.29, 1.82) is 0 Å². The molecule has 23 heavy (non-hydrogen) atoms. The van der Waals surface area contributed by atoms with Crippen LogP contribution >= 0.6 is 0 Å². The number of hydrogen-bond acceptors (Lipinski definition) is 4. The second-order valence-corrected chi connectivity index (χ2v) is 4.49. The fourth-order valence-corrected chi connectivity index (χ4v) is 1.90. The van der Waals surface area contributed by atoms with Gasteiger partial charge in [-0.2, -0.15) is 0 Å². The van der Waals surface area contributed by atoms with Gasteiger partial charge in [0.25, 0.3) is 0 Å². The second kappa shape index (κ2) is 6.82. The molecule has 1 aromatic carbocycles. The molecule has 1 aliphatic rings. The maximum absolute atomic E-state index is 12.4. The molecule has 5 nitrogen and oxygen atoms in total. The molecule has 0 amide bonds. The molecule has 0 aromatic heterocycles. The Morgan fingerprint density at radius 2 is 1.78 bits per heavy atom. The first-order valence-electron chi connectivity index (χ1n) is 6.39. The summed E-state index contributed by atoms with van der Waals surface area (Å²) >= 11 is 0. The molecule has 3 N–H and O–H groups in total. The molecule has 0 fully saturated rings. The van der Waals surface area contributed by atoms with Gasteiger partial charge >= 0.3 is 13.4 Å². The van der Waals surface area contributed by atoms with Gasteiger partial charge in [0.1, 0.15) is 22.8 Å². The lowest BCUT2D eigenvalue weighted by molar-refractivity contribution is 0.0693. The number of halogens is 2. The van der Waals surface area contributed by atoms with Crippen LogP contribution in [0.25, 0.3) is 5.76 Å². The highest BCUT2D eigenvalue weighted by molar-refractivity contribution is 6.35. The number of allylic oxidation sites excluding steroid dienone is 7. The van der Waals surface area contributed by atoms with Gasteiger partial charge < -0.3 is 20.0 Å². The number of aliphatic hydroxyl groups is 1. The summed E-state index contributed by atoms with van der Waals surface area (Å²) in [5, 5.41) is 28.6. The maximum Gasteiger partial charge on any atom is 0.796 e. The normalized spacial score (nSPS) is 13.3. The first kappa shape index (κ1) is 16.3. The SMILES string of the molecule is O=C(O)c1cc(C(O)=CC=C2C=CC=C2)c(OB(F)F)cc1O. The summed E-state index contributed by atoms with van der Waals surface area (Å²) in [6, 6.07) is 1.58. The third kappa shape index (κ3) is 4.00. The highest BCUT2D eigenvalue weighted by Gasteiger charge is 2.24. The van der Waals surface area contributed by atoms with E-state index in [1.165, 1.54) is 12.2 Å². The number of benzene rings is 1. The summed E-state index contributed by atoms with van der Waals surface area (Å²) in [5.74, 6) is -3.23. The lowest BCUT2D eigenvalue weighted by atomic mass is 10.1. The molecule has 0 heterocycles. The van der Waals surface area contributed by atoms with Gasteiger partial charge in [-0.05, 0) is 17.7 Å². The number of hydrogen-bond donors (Lipinski definition) is 3. The summed E-state index contributed by atoms with van der Waals surface area (Å²) in [5.41, 5.74) is -0.0664. The summed E-state index contributed by atoms with van der Waals surface area (Å²) in [4.78, 5) is 11.0. The zero-order chi connectivity index (χ0) is 17.0. The van der Waals surface area contributed by atoms with E-state index in [1.807, 2.05) is 0 Å². The van der Waals surface area contributed by atoms with E-state index in [4.69, 9.17) is 5.11 Å². The molecule has 1 aliphatic carbocycles. The summed E-state index contributed by atoms with van der Waals surface area (Å²) in [6.45, 7) is 0. The van der Waals surface area contributed by atoms with E-state index >= 15 is 0 Å². The molecule has 0 saturated heterocycles. The molecule has 0 atom stereocenters. The van der Waals surface area contributed by atoms with Gasteiger partial charge in [0.2, 0.25) is 0 Å². The van der Waals surface area contributed by atoms with Gasteiger partial charge in [0.15, 0.2) is 0 Å². The van der Waals surface area contributed by atoms with E-state index in [1.54, 1.807) is 24.3 Å². The van der Waals surface area contributed by atoms with E-state index in [2.05, 4.69) is 4.65 Å². The number of aliphatic hydroxyl groups excluding tert-OH is 1. The summed E-state index contributed by atoms with van der Waals surface area (Å²) < 4.78 is 29.1. The topological polar surface area (TPSA) is 87.0 Å². The van der Waals surface area contributed by atoms with Gasteiger partial charge in [0, 0.05) is 6.07 Å². The predicted octanol–water partition coefficient (Wildman–Crippen LogP) is 3.34. The minimum Gasteiger partial charge on any atom is -0.507 e. The molecule has 118 valence electrons. The van der Waals surface area contributed by atoms with Crippen molar-refractivity contribution in [3.63, 3.8) is 0 Å². The molecule has 1 aromatic rings. The largest absolute Gasteiger partial charge is 0.796 e. The van der Waals surface area contributed by atoms with Crippen LogP contribution in [0.2, 0.25) is 0 Å². The van der Waals surface area contributed by atoms with E-state index in [9.17, 15) is 23.6 Å². The van der Waals surface area contributed by atoms with Crippen LogP contribution in [0.1, 0.15) is 15.9 Å². The van der Waals surface area contributed by atoms with Crippen molar-refractivity contribution >= 4 is 19.2 Å². The molecule has 0 aliphatic heterocycles. The number of carboxylic acid groups (broad SMARTS) is 1. The van der Waals surface area contributed by atoms with E-state index < -0.39 is 36.3 Å².